The fourth-order valence-electron chi connectivity index (χ4n) is 5.24. The van der Waals surface area contributed by atoms with Crippen LogP contribution in [0.15, 0.2) is 34.9 Å². The van der Waals surface area contributed by atoms with Gasteiger partial charge >= 0.3 is 0 Å². The summed E-state index contributed by atoms with van der Waals surface area (Å²) < 4.78 is 5.45. The SMILES string of the molecule is Cc1ccc(-c2cc(C(=O)N3CCC(N4CCCC4C(N)=O)CC3)c3c(C)noc3n2)cc1. The Hall–Kier alpha value is -3.26. The lowest BCUT2D eigenvalue weighted by Gasteiger charge is -2.38. The first-order valence-electron chi connectivity index (χ1n) is 11.6. The molecule has 2 N–H and O–H groups in total. The van der Waals surface area contributed by atoms with Crippen LogP contribution < -0.4 is 5.73 Å². The number of carbonyl (C=O) groups excluding carboxylic acids is 2. The molecular weight excluding hydrogens is 418 g/mol. The zero-order valence-corrected chi connectivity index (χ0v) is 19.1. The smallest absolute Gasteiger partial charge is 0.259 e. The van der Waals surface area contributed by atoms with Gasteiger partial charge in [0.2, 0.25) is 5.91 Å². The van der Waals surface area contributed by atoms with Crippen LogP contribution in [0.2, 0.25) is 0 Å². The Bertz CT molecular complexity index is 1190. The number of carbonyl (C=O) groups is 2. The molecule has 4 heterocycles. The summed E-state index contributed by atoms with van der Waals surface area (Å²) in [7, 11) is 0. The van der Waals surface area contributed by atoms with Crippen LogP contribution in [0.4, 0.5) is 0 Å². The van der Waals surface area contributed by atoms with Crippen molar-refractivity contribution in [2.24, 2.45) is 5.73 Å². The molecule has 0 spiro atoms. The highest BCUT2D eigenvalue weighted by atomic mass is 16.5. The molecule has 0 radical (unpaired) electrons. The van der Waals surface area contributed by atoms with E-state index in [1.165, 1.54) is 0 Å². The maximum atomic E-state index is 13.6. The third kappa shape index (κ3) is 3.99. The topological polar surface area (TPSA) is 106 Å². The second-order valence-electron chi connectivity index (χ2n) is 9.19. The van der Waals surface area contributed by atoms with E-state index in [0.717, 1.165) is 43.4 Å². The number of primary amides is 1. The van der Waals surface area contributed by atoms with Gasteiger partial charge < -0.3 is 15.2 Å². The van der Waals surface area contributed by atoms with Crippen LogP contribution in [0.5, 0.6) is 0 Å². The summed E-state index contributed by atoms with van der Waals surface area (Å²) >= 11 is 0. The normalized spacial score (nSPS) is 19.9. The van der Waals surface area contributed by atoms with Crippen LogP contribution in [0.3, 0.4) is 0 Å². The number of hydrogen-bond acceptors (Lipinski definition) is 6. The van der Waals surface area contributed by atoms with Gasteiger partial charge in [0.25, 0.3) is 11.6 Å². The lowest BCUT2D eigenvalue weighted by atomic mass is 9.99. The number of nitrogens with two attached hydrogens (primary N) is 1. The van der Waals surface area contributed by atoms with Gasteiger partial charge in [-0.25, -0.2) is 4.98 Å². The van der Waals surface area contributed by atoms with Gasteiger partial charge in [-0.2, -0.15) is 0 Å². The number of rotatable bonds is 4. The molecule has 2 amide bonds. The van der Waals surface area contributed by atoms with Gasteiger partial charge in [-0.3, -0.25) is 14.5 Å². The lowest BCUT2D eigenvalue weighted by molar-refractivity contribution is -0.123. The molecule has 8 nitrogen and oxygen atoms in total. The zero-order valence-electron chi connectivity index (χ0n) is 19.1. The van der Waals surface area contributed by atoms with E-state index < -0.39 is 0 Å². The summed E-state index contributed by atoms with van der Waals surface area (Å²) in [5.74, 6) is -0.273. The summed E-state index contributed by atoms with van der Waals surface area (Å²) in [5, 5.41) is 4.74. The number of amides is 2. The molecule has 0 aliphatic carbocycles. The van der Waals surface area contributed by atoms with Gasteiger partial charge in [0, 0.05) is 24.7 Å². The van der Waals surface area contributed by atoms with E-state index in [1.54, 1.807) is 0 Å². The monoisotopic (exact) mass is 447 g/mol. The van der Waals surface area contributed by atoms with Crippen molar-refractivity contribution in [2.75, 3.05) is 19.6 Å². The van der Waals surface area contributed by atoms with E-state index in [9.17, 15) is 9.59 Å². The average Bonchev–Trinajstić information content (AvgIpc) is 3.46. The molecule has 5 rings (SSSR count). The number of likely N-dealkylation sites (tertiary alicyclic amines) is 2. The van der Waals surface area contributed by atoms with Crippen molar-refractivity contribution in [3.05, 3.63) is 47.2 Å². The Morgan fingerprint density at radius 3 is 2.48 bits per heavy atom. The molecule has 0 saturated carbocycles. The summed E-state index contributed by atoms with van der Waals surface area (Å²) in [6.07, 6.45) is 3.49. The number of pyridine rings is 1. The number of nitrogens with zero attached hydrogens (tertiary/aromatic N) is 4. The lowest BCUT2D eigenvalue weighted by Crippen LogP contribution is -2.51. The van der Waals surface area contributed by atoms with Crippen molar-refractivity contribution in [1.82, 2.24) is 19.9 Å². The number of fused-ring (bicyclic) bond motifs is 1. The van der Waals surface area contributed by atoms with Crippen LogP contribution in [-0.2, 0) is 4.79 Å². The maximum Gasteiger partial charge on any atom is 0.259 e. The van der Waals surface area contributed by atoms with Crippen LogP contribution in [0, 0.1) is 13.8 Å². The van der Waals surface area contributed by atoms with Gasteiger partial charge in [-0.05, 0) is 52.1 Å². The predicted octanol–water partition coefficient (Wildman–Crippen LogP) is 3.06. The van der Waals surface area contributed by atoms with Gasteiger partial charge in [0.15, 0.2) is 0 Å². The Morgan fingerprint density at radius 1 is 1.06 bits per heavy atom. The van der Waals surface area contributed by atoms with Crippen molar-refractivity contribution >= 4 is 22.9 Å². The molecule has 2 saturated heterocycles. The average molecular weight is 448 g/mol. The summed E-state index contributed by atoms with van der Waals surface area (Å²) in [6.45, 7) is 6.04. The highest BCUT2D eigenvalue weighted by Crippen LogP contribution is 2.30. The van der Waals surface area contributed by atoms with E-state index in [4.69, 9.17) is 10.3 Å². The molecule has 2 aliphatic heterocycles. The number of aryl methyl sites for hydroxylation is 2. The molecule has 2 aromatic heterocycles. The largest absolute Gasteiger partial charge is 0.368 e. The number of piperidine rings is 1. The van der Waals surface area contributed by atoms with E-state index in [-0.39, 0.29) is 23.9 Å². The third-order valence-corrected chi connectivity index (χ3v) is 7.04. The molecule has 1 atom stereocenters. The Labute approximate surface area is 192 Å². The fourth-order valence-corrected chi connectivity index (χ4v) is 5.24. The highest BCUT2D eigenvalue weighted by molar-refractivity contribution is 6.07. The highest BCUT2D eigenvalue weighted by Gasteiger charge is 2.36. The minimum atomic E-state index is -0.239. The molecule has 3 aromatic rings. The first-order valence-corrected chi connectivity index (χ1v) is 11.6. The van der Waals surface area contributed by atoms with Crippen molar-refractivity contribution < 1.29 is 14.1 Å². The van der Waals surface area contributed by atoms with Crippen LogP contribution in [-0.4, -0.2) is 63.5 Å². The summed E-state index contributed by atoms with van der Waals surface area (Å²) in [5.41, 5.74) is 10.00. The molecule has 2 fully saturated rings. The van der Waals surface area contributed by atoms with Gasteiger partial charge in [-0.15, -0.1) is 0 Å². The second-order valence-corrected chi connectivity index (χ2v) is 9.19. The Balaban J connectivity index is 1.40. The van der Waals surface area contributed by atoms with Gasteiger partial charge in [0.05, 0.1) is 28.4 Å². The quantitative estimate of drug-likeness (QED) is 0.659. The van der Waals surface area contributed by atoms with Crippen molar-refractivity contribution in [3.8, 4) is 11.3 Å². The third-order valence-electron chi connectivity index (χ3n) is 7.04. The minimum Gasteiger partial charge on any atom is -0.368 e. The molecule has 8 heteroatoms. The van der Waals surface area contributed by atoms with Gasteiger partial charge in [-0.1, -0.05) is 35.0 Å². The van der Waals surface area contributed by atoms with Crippen molar-refractivity contribution in [1.29, 1.82) is 0 Å². The first-order chi connectivity index (χ1) is 15.9. The fraction of sp³-hybridized carbons (Fsp3) is 0.440. The minimum absolute atomic E-state index is 0.0339. The molecule has 33 heavy (non-hydrogen) atoms. The van der Waals surface area contributed by atoms with Crippen LogP contribution in [0.25, 0.3) is 22.4 Å². The predicted molar refractivity (Wildman–Crippen MR) is 125 cm³/mol. The Kier molecular flexibility index (Phi) is 5.62. The van der Waals surface area contributed by atoms with E-state index in [2.05, 4.69) is 15.0 Å². The maximum absolute atomic E-state index is 13.6. The molecule has 2 aliphatic rings. The number of benzene rings is 1. The molecule has 1 unspecified atom stereocenters. The van der Waals surface area contributed by atoms with E-state index in [0.29, 0.717) is 41.1 Å². The van der Waals surface area contributed by atoms with Crippen molar-refractivity contribution in [3.63, 3.8) is 0 Å². The second kappa shape index (κ2) is 8.59. The Morgan fingerprint density at radius 2 is 1.79 bits per heavy atom. The summed E-state index contributed by atoms with van der Waals surface area (Å²) in [4.78, 5) is 34.2. The number of hydrogen-bond donors (Lipinski definition) is 1. The van der Waals surface area contributed by atoms with Crippen LogP contribution in [0.1, 0.15) is 47.3 Å². The van der Waals surface area contributed by atoms with Gasteiger partial charge in [0.1, 0.15) is 0 Å². The van der Waals surface area contributed by atoms with E-state index >= 15 is 0 Å². The van der Waals surface area contributed by atoms with Crippen molar-refractivity contribution in [2.45, 2.75) is 51.6 Å². The molecule has 1 aromatic carbocycles. The molecule has 172 valence electrons. The van der Waals surface area contributed by atoms with E-state index in [1.807, 2.05) is 49.1 Å². The van der Waals surface area contributed by atoms with Crippen LogP contribution >= 0.6 is 0 Å². The molecular formula is C25H29N5O3. The standard InChI is InChI=1S/C25H29N5O3/c1-15-5-7-17(8-6-15)20-14-19(22-16(2)28-33-24(22)27-20)25(32)29-12-9-18(10-13-29)30-11-3-4-21(30)23(26)31/h5-8,14,18,21H,3-4,9-13H2,1-2H3,(H2,26,31). The first kappa shape index (κ1) is 21.6. The number of aromatic nitrogens is 2. The summed E-state index contributed by atoms with van der Waals surface area (Å²) in [6, 6.07) is 10.0. The zero-order chi connectivity index (χ0) is 23.1. The molecule has 0 bridgehead atoms.